The fraction of sp³-hybridized carbons (Fsp3) is 0.333. The summed E-state index contributed by atoms with van der Waals surface area (Å²) in [5.41, 5.74) is 4.30. The van der Waals surface area contributed by atoms with E-state index in [4.69, 9.17) is 17.4 Å². The fourth-order valence-electron chi connectivity index (χ4n) is 1.74. The van der Waals surface area contributed by atoms with Crippen molar-refractivity contribution in [2.24, 2.45) is 5.84 Å². The summed E-state index contributed by atoms with van der Waals surface area (Å²) in [4.78, 5) is 8.92. The Hall–Kier alpha value is -1.85. The van der Waals surface area contributed by atoms with Crippen LogP contribution in [0.5, 0.6) is 0 Å². The molecular weight excluding hydrogens is 286 g/mol. The Morgan fingerprint density at radius 3 is 2.33 bits per heavy atom. The largest absolute Gasteiger partial charge is 0.340 e. The highest BCUT2D eigenvalue weighted by Crippen LogP contribution is 2.26. The molecule has 0 aliphatic carbocycles. The van der Waals surface area contributed by atoms with Crippen LogP contribution in [0.4, 0.5) is 17.3 Å². The van der Waals surface area contributed by atoms with Crippen LogP contribution in [0.3, 0.4) is 0 Å². The molecule has 0 unspecified atom stereocenters. The van der Waals surface area contributed by atoms with Gasteiger partial charge in [-0.1, -0.05) is 38.4 Å². The summed E-state index contributed by atoms with van der Waals surface area (Å²) in [5, 5.41) is 3.94. The van der Waals surface area contributed by atoms with Gasteiger partial charge in [-0.3, -0.25) is 0 Å². The number of aromatic nitrogens is 2. The topological polar surface area (TPSA) is 75.9 Å². The van der Waals surface area contributed by atoms with Gasteiger partial charge in [0, 0.05) is 22.2 Å². The molecule has 2 rings (SSSR count). The lowest BCUT2D eigenvalue weighted by Crippen LogP contribution is -2.19. The van der Waals surface area contributed by atoms with E-state index in [0.29, 0.717) is 22.5 Å². The van der Waals surface area contributed by atoms with E-state index in [1.165, 1.54) is 0 Å². The van der Waals surface area contributed by atoms with Gasteiger partial charge in [-0.25, -0.2) is 15.8 Å². The Morgan fingerprint density at radius 2 is 1.76 bits per heavy atom. The van der Waals surface area contributed by atoms with Crippen molar-refractivity contribution in [1.29, 1.82) is 0 Å². The Bertz CT molecular complexity index is 649. The van der Waals surface area contributed by atoms with Crippen LogP contribution in [0, 0.1) is 6.92 Å². The Morgan fingerprint density at radius 1 is 1.10 bits per heavy atom. The summed E-state index contributed by atoms with van der Waals surface area (Å²) in [5.74, 6) is 7.42. The standard InChI is InChI=1S/C15H20ClN5/c1-9-5-6-10(7-11(9)16)18-12-8-13(21-17)20-14(19-12)15(2,3)4/h5-8H,17H2,1-4H3,(H2,18,19,20,21). The average Bonchev–Trinajstić information content (AvgIpc) is 2.41. The van der Waals surface area contributed by atoms with Crippen molar-refractivity contribution in [2.75, 3.05) is 10.7 Å². The summed E-state index contributed by atoms with van der Waals surface area (Å²) in [6, 6.07) is 7.53. The molecule has 0 atom stereocenters. The number of halogens is 1. The van der Waals surface area contributed by atoms with Crippen LogP contribution in [0.15, 0.2) is 24.3 Å². The van der Waals surface area contributed by atoms with Crippen LogP contribution < -0.4 is 16.6 Å². The first-order valence-corrected chi connectivity index (χ1v) is 7.07. The summed E-state index contributed by atoms with van der Waals surface area (Å²) in [7, 11) is 0. The maximum Gasteiger partial charge on any atom is 0.145 e. The maximum atomic E-state index is 6.14. The summed E-state index contributed by atoms with van der Waals surface area (Å²) in [6.45, 7) is 8.12. The quantitative estimate of drug-likeness (QED) is 0.594. The van der Waals surface area contributed by atoms with Gasteiger partial charge in [-0.05, 0) is 24.6 Å². The number of nitrogen functional groups attached to an aromatic ring is 1. The van der Waals surface area contributed by atoms with Crippen molar-refractivity contribution in [1.82, 2.24) is 9.97 Å². The van der Waals surface area contributed by atoms with Crippen LogP contribution in [-0.4, -0.2) is 9.97 Å². The predicted octanol–water partition coefficient (Wildman–Crippen LogP) is 3.77. The molecule has 2 aromatic rings. The number of benzene rings is 1. The number of aryl methyl sites for hydroxylation is 1. The van der Waals surface area contributed by atoms with Gasteiger partial charge >= 0.3 is 0 Å². The molecule has 0 amide bonds. The van der Waals surface area contributed by atoms with Crippen molar-refractivity contribution in [2.45, 2.75) is 33.1 Å². The molecule has 21 heavy (non-hydrogen) atoms. The third-order valence-electron chi connectivity index (χ3n) is 2.99. The van der Waals surface area contributed by atoms with Gasteiger partial charge in [0.1, 0.15) is 17.5 Å². The van der Waals surface area contributed by atoms with Gasteiger partial charge in [0.25, 0.3) is 0 Å². The van der Waals surface area contributed by atoms with Crippen molar-refractivity contribution >= 4 is 28.9 Å². The van der Waals surface area contributed by atoms with Gasteiger partial charge in [0.05, 0.1) is 0 Å². The minimum Gasteiger partial charge on any atom is -0.340 e. The molecule has 1 heterocycles. The van der Waals surface area contributed by atoms with E-state index in [0.717, 1.165) is 11.3 Å². The summed E-state index contributed by atoms with van der Waals surface area (Å²) >= 11 is 6.14. The van der Waals surface area contributed by atoms with Crippen LogP contribution in [0.25, 0.3) is 0 Å². The molecule has 0 bridgehead atoms. The Kier molecular flexibility index (Phi) is 4.34. The second-order valence-electron chi connectivity index (χ2n) is 5.95. The molecule has 0 saturated heterocycles. The van der Waals surface area contributed by atoms with E-state index in [1.54, 1.807) is 6.07 Å². The number of hydrazine groups is 1. The van der Waals surface area contributed by atoms with Crippen LogP contribution in [-0.2, 0) is 5.41 Å². The van der Waals surface area contributed by atoms with E-state index in [1.807, 2.05) is 25.1 Å². The van der Waals surface area contributed by atoms with Crippen molar-refractivity contribution in [3.05, 3.63) is 40.7 Å². The minimum absolute atomic E-state index is 0.172. The number of hydrogen-bond donors (Lipinski definition) is 3. The lowest BCUT2D eigenvalue weighted by Gasteiger charge is -2.19. The van der Waals surface area contributed by atoms with E-state index in [-0.39, 0.29) is 5.41 Å². The molecule has 0 radical (unpaired) electrons. The molecule has 4 N–H and O–H groups in total. The molecule has 6 heteroatoms. The zero-order valence-corrected chi connectivity index (χ0v) is 13.4. The van der Waals surface area contributed by atoms with Gasteiger partial charge in [-0.2, -0.15) is 0 Å². The molecule has 0 fully saturated rings. The highest BCUT2D eigenvalue weighted by molar-refractivity contribution is 6.31. The zero-order chi connectivity index (χ0) is 15.6. The maximum absolute atomic E-state index is 6.14. The van der Waals surface area contributed by atoms with E-state index < -0.39 is 0 Å². The van der Waals surface area contributed by atoms with Crippen molar-refractivity contribution in [3.8, 4) is 0 Å². The second-order valence-corrected chi connectivity index (χ2v) is 6.35. The van der Waals surface area contributed by atoms with E-state index >= 15 is 0 Å². The van der Waals surface area contributed by atoms with Gasteiger partial charge < -0.3 is 10.7 Å². The summed E-state index contributed by atoms with van der Waals surface area (Å²) < 4.78 is 0. The number of rotatable bonds is 3. The van der Waals surface area contributed by atoms with Gasteiger partial charge in [-0.15, -0.1) is 0 Å². The molecule has 1 aromatic carbocycles. The number of nitrogens with two attached hydrogens (primary N) is 1. The lowest BCUT2D eigenvalue weighted by atomic mass is 9.96. The smallest absolute Gasteiger partial charge is 0.145 e. The fourth-order valence-corrected chi connectivity index (χ4v) is 1.92. The second kappa shape index (κ2) is 5.87. The van der Waals surface area contributed by atoms with Gasteiger partial charge in [0.2, 0.25) is 0 Å². The van der Waals surface area contributed by atoms with Gasteiger partial charge in [0.15, 0.2) is 0 Å². The monoisotopic (exact) mass is 305 g/mol. The zero-order valence-electron chi connectivity index (χ0n) is 12.7. The minimum atomic E-state index is -0.172. The first kappa shape index (κ1) is 15.5. The molecule has 1 aromatic heterocycles. The molecule has 0 aliphatic heterocycles. The SMILES string of the molecule is Cc1ccc(Nc2cc(NN)nc(C(C)(C)C)n2)cc1Cl. The molecule has 0 spiro atoms. The molecule has 0 aliphatic rings. The van der Waals surface area contributed by atoms with E-state index in [9.17, 15) is 0 Å². The highest BCUT2D eigenvalue weighted by atomic mass is 35.5. The molecule has 0 saturated carbocycles. The third-order valence-corrected chi connectivity index (χ3v) is 3.40. The first-order valence-electron chi connectivity index (χ1n) is 6.69. The summed E-state index contributed by atoms with van der Waals surface area (Å²) in [6.07, 6.45) is 0. The number of anilines is 3. The molecule has 5 nitrogen and oxygen atoms in total. The highest BCUT2D eigenvalue weighted by Gasteiger charge is 2.19. The predicted molar refractivity (Wildman–Crippen MR) is 88.0 cm³/mol. The number of nitrogens with one attached hydrogen (secondary N) is 2. The molecule has 112 valence electrons. The molecular formula is C15H20ClN5. The van der Waals surface area contributed by atoms with Crippen LogP contribution in [0.2, 0.25) is 5.02 Å². The van der Waals surface area contributed by atoms with Crippen LogP contribution in [0.1, 0.15) is 32.2 Å². The van der Waals surface area contributed by atoms with E-state index in [2.05, 4.69) is 41.5 Å². The normalized spacial score (nSPS) is 11.3. The first-order chi connectivity index (χ1) is 9.79. The van der Waals surface area contributed by atoms with Crippen LogP contribution >= 0.6 is 11.6 Å². The Labute approximate surface area is 129 Å². The lowest BCUT2D eigenvalue weighted by molar-refractivity contribution is 0.547. The Balaban J connectivity index is 2.36. The number of hydrogen-bond acceptors (Lipinski definition) is 5. The average molecular weight is 306 g/mol. The van der Waals surface area contributed by atoms with Crippen molar-refractivity contribution in [3.63, 3.8) is 0 Å². The number of nitrogens with zero attached hydrogens (tertiary/aromatic N) is 2. The third kappa shape index (κ3) is 3.83. The van der Waals surface area contributed by atoms with Crippen molar-refractivity contribution < 1.29 is 0 Å².